The van der Waals surface area contributed by atoms with Gasteiger partial charge in [-0.25, -0.2) is 0 Å². The molecule has 1 aromatic heterocycles. The van der Waals surface area contributed by atoms with Crippen molar-refractivity contribution in [3.63, 3.8) is 0 Å². The summed E-state index contributed by atoms with van der Waals surface area (Å²) >= 11 is 0. The van der Waals surface area contributed by atoms with E-state index in [1.807, 2.05) is 20.0 Å². The Balaban J connectivity index is 3.02. The third-order valence-corrected chi connectivity index (χ3v) is 2.20. The van der Waals surface area contributed by atoms with Gasteiger partial charge in [0.15, 0.2) is 0 Å². The van der Waals surface area contributed by atoms with E-state index in [0.717, 1.165) is 17.7 Å². The number of aromatic nitrogens is 2. The minimum absolute atomic E-state index is 0.0648. The number of hydrogen-bond donors (Lipinski definition) is 0. The van der Waals surface area contributed by atoms with Gasteiger partial charge >= 0.3 is 0 Å². The van der Waals surface area contributed by atoms with E-state index in [4.69, 9.17) is 0 Å². The first kappa shape index (κ1) is 9.96. The summed E-state index contributed by atoms with van der Waals surface area (Å²) in [5.41, 5.74) is 2.03. The van der Waals surface area contributed by atoms with Crippen LogP contribution >= 0.6 is 0 Å². The SMILES string of the molecule is CC(C)c1cc(C(C)C=O)n(C)n1. The number of carbonyl (C=O) groups is 1. The summed E-state index contributed by atoms with van der Waals surface area (Å²) in [6, 6.07) is 2.00. The molecule has 1 rings (SSSR count). The van der Waals surface area contributed by atoms with E-state index < -0.39 is 0 Å². The highest BCUT2D eigenvalue weighted by Crippen LogP contribution is 2.18. The molecule has 0 saturated heterocycles. The van der Waals surface area contributed by atoms with Crippen molar-refractivity contribution in [2.75, 3.05) is 0 Å². The van der Waals surface area contributed by atoms with Crippen LogP contribution < -0.4 is 0 Å². The highest BCUT2D eigenvalue weighted by atomic mass is 16.1. The van der Waals surface area contributed by atoms with E-state index in [-0.39, 0.29) is 5.92 Å². The van der Waals surface area contributed by atoms with Gasteiger partial charge in [-0.2, -0.15) is 5.10 Å². The van der Waals surface area contributed by atoms with Crippen LogP contribution in [-0.2, 0) is 11.8 Å². The minimum Gasteiger partial charge on any atom is -0.303 e. The molecule has 0 fully saturated rings. The number of nitrogens with zero attached hydrogens (tertiary/aromatic N) is 2. The smallest absolute Gasteiger partial charge is 0.128 e. The molecule has 0 spiro atoms. The molecule has 1 atom stereocenters. The van der Waals surface area contributed by atoms with Crippen LogP contribution in [0.3, 0.4) is 0 Å². The molecule has 1 aromatic rings. The molecule has 0 saturated carbocycles. The maximum Gasteiger partial charge on any atom is 0.128 e. The monoisotopic (exact) mass is 180 g/mol. The van der Waals surface area contributed by atoms with Crippen molar-refractivity contribution in [3.8, 4) is 0 Å². The van der Waals surface area contributed by atoms with E-state index in [1.54, 1.807) is 4.68 Å². The molecule has 0 aromatic carbocycles. The van der Waals surface area contributed by atoms with Crippen molar-refractivity contribution in [1.29, 1.82) is 0 Å². The Morgan fingerprint density at radius 1 is 1.46 bits per heavy atom. The van der Waals surface area contributed by atoms with E-state index in [1.165, 1.54) is 0 Å². The van der Waals surface area contributed by atoms with Crippen molar-refractivity contribution in [3.05, 3.63) is 17.5 Å². The average molecular weight is 180 g/mol. The summed E-state index contributed by atoms with van der Waals surface area (Å²) in [6.07, 6.45) is 0.946. The molecule has 0 bridgehead atoms. The Labute approximate surface area is 78.8 Å². The number of carbonyl (C=O) groups excluding carboxylic acids is 1. The number of aryl methyl sites for hydroxylation is 1. The lowest BCUT2D eigenvalue weighted by molar-refractivity contribution is -0.108. The van der Waals surface area contributed by atoms with Crippen LogP contribution in [-0.4, -0.2) is 16.1 Å². The lowest BCUT2D eigenvalue weighted by Crippen LogP contribution is -2.03. The van der Waals surface area contributed by atoms with Gasteiger partial charge in [0.05, 0.1) is 11.6 Å². The van der Waals surface area contributed by atoms with Crippen LogP contribution in [0.15, 0.2) is 6.07 Å². The van der Waals surface area contributed by atoms with Gasteiger partial charge < -0.3 is 4.79 Å². The minimum atomic E-state index is -0.0648. The maximum absolute atomic E-state index is 10.6. The van der Waals surface area contributed by atoms with E-state index in [2.05, 4.69) is 18.9 Å². The second kappa shape index (κ2) is 3.73. The van der Waals surface area contributed by atoms with E-state index >= 15 is 0 Å². The molecular formula is C10H16N2O. The molecule has 13 heavy (non-hydrogen) atoms. The lowest BCUT2D eigenvalue weighted by Gasteiger charge is -2.01. The summed E-state index contributed by atoms with van der Waals surface area (Å²) in [7, 11) is 1.88. The fourth-order valence-corrected chi connectivity index (χ4v) is 1.28. The quantitative estimate of drug-likeness (QED) is 0.665. The number of aldehydes is 1. The third-order valence-electron chi connectivity index (χ3n) is 2.20. The van der Waals surface area contributed by atoms with Gasteiger partial charge in [0.1, 0.15) is 6.29 Å². The normalized spacial score (nSPS) is 13.3. The van der Waals surface area contributed by atoms with Gasteiger partial charge in [0.25, 0.3) is 0 Å². The lowest BCUT2D eigenvalue weighted by atomic mass is 10.1. The third kappa shape index (κ3) is 1.97. The molecule has 1 unspecified atom stereocenters. The van der Waals surface area contributed by atoms with Gasteiger partial charge in [0, 0.05) is 12.7 Å². The Morgan fingerprint density at radius 3 is 2.46 bits per heavy atom. The predicted molar refractivity (Wildman–Crippen MR) is 51.8 cm³/mol. The van der Waals surface area contributed by atoms with Crippen molar-refractivity contribution >= 4 is 6.29 Å². The van der Waals surface area contributed by atoms with Gasteiger partial charge in [-0.05, 0) is 12.0 Å². The Kier molecular flexibility index (Phi) is 2.86. The van der Waals surface area contributed by atoms with Crippen LogP contribution in [0.2, 0.25) is 0 Å². The van der Waals surface area contributed by atoms with Gasteiger partial charge in [-0.15, -0.1) is 0 Å². The molecular weight excluding hydrogens is 164 g/mol. The zero-order valence-corrected chi connectivity index (χ0v) is 8.61. The Morgan fingerprint density at radius 2 is 2.08 bits per heavy atom. The van der Waals surface area contributed by atoms with Crippen LogP contribution in [0, 0.1) is 0 Å². The Hall–Kier alpha value is -1.12. The molecule has 3 heteroatoms. The Bertz CT molecular complexity index is 302. The topological polar surface area (TPSA) is 34.9 Å². The second-order valence-electron chi connectivity index (χ2n) is 3.70. The maximum atomic E-state index is 10.6. The second-order valence-corrected chi connectivity index (χ2v) is 3.70. The molecule has 3 nitrogen and oxygen atoms in total. The first-order valence-electron chi connectivity index (χ1n) is 4.55. The zero-order chi connectivity index (χ0) is 10.0. The number of hydrogen-bond acceptors (Lipinski definition) is 2. The molecule has 0 radical (unpaired) electrons. The van der Waals surface area contributed by atoms with E-state index in [9.17, 15) is 4.79 Å². The molecule has 72 valence electrons. The fourth-order valence-electron chi connectivity index (χ4n) is 1.28. The van der Waals surface area contributed by atoms with Crippen LogP contribution in [0.5, 0.6) is 0 Å². The van der Waals surface area contributed by atoms with Gasteiger partial charge in [-0.3, -0.25) is 4.68 Å². The summed E-state index contributed by atoms with van der Waals surface area (Å²) < 4.78 is 1.79. The number of rotatable bonds is 3. The summed E-state index contributed by atoms with van der Waals surface area (Å²) in [6.45, 7) is 6.07. The van der Waals surface area contributed by atoms with Crippen molar-refractivity contribution in [1.82, 2.24) is 9.78 Å². The van der Waals surface area contributed by atoms with Crippen molar-refractivity contribution < 1.29 is 4.79 Å². The summed E-state index contributed by atoms with van der Waals surface area (Å²) in [5, 5.41) is 4.34. The van der Waals surface area contributed by atoms with Crippen LogP contribution in [0.1, 0.15) is 44.0 Å². The van der Waals surface area contributed by atoms with Gasteiger partial charge in [-0.1, -0.05) is 20.8 Å². The predicted octanol–water partition coefficient (Wildman–Crippen LogP) is 1.85. The standard InChI is InChI=1S/C10H16N2O/c1-7(2)9-5-10(8(3)6-13)12(4)11-9/h5-8H,1-4H3. The highest BCUT2D eigenvalue weighted by Gasteiger charge is 2.12. The summed E-state index contributed by atoms with van der Waals surface area (Å²) in [4.78, 5) is 10.6. The largest absolute Gasteiger partial charge is 0.303 e. The molecule has 1 heterocycles. The average Bonchev–Trinajstić information content (AvgIpc) is 2.46. The van der Waals surface area contributed by atoms with E-state index in [0.29, 0.717) is 5.92 Å². The molecule has 0 N–H and O–H groups in total. The first-order valence-corrected chi connectivity index (χ1v) is 4.55. The van der Waals surface area contributed by atoms with Crippen molar-refractivity contribution in [2.45, 2.75) is 32.6 Å². The molecule has 0 amide bonds. The van der Waals surface area contributed by atoms with Crippen LogP contribution in [0.25, 0.3) is 0 Å². The molecule has 0 aliphatic rings. The first-order chi connectivity index (χ1) is 6.06. The summed E-state index contributed by atoms with van der Waals surface area (Å²) in [5.74, 6) is 0.351. The van der Waals surface area contributed by atoms with Crippen molar-refractivity contribution in [2.24, 2.45) is 7.05 Å². The molecule has 0 aliphatic carbocycles. The fraction of sp³-hybridized carbons (Fsp3) is 0.600. The van der Waals surface area contributed by atoms with Gasteiger partial charge in [0.2, 0.25) is 0 Å². The van der Waals surface area contributed by atoms with Crippen LogP contribution in [0.4, 0.5) is 0 Å². The molecule has 0 aliphatic heterocycles. The zero-order valence-electron chi connectivity index (χ0n) is 8.61. The highest BCUT2D eigenvalue weighted by molar-refractivity contribution is 5.60.